The highest BCUT2D eigenvalue weighted by atomic mass is 16.3. The predicted octanol–water partition coefficient (Wildman–Crippen LogP) is 2.23. The fourth-order valence-corrected chi connectivity index (χ4v) is 3.71. The highest BCUT2D eigenvalue weighted by molar-refractivity contribution is 5.77. The summed E-state index contributed by atoms with van der Waals surface area (Å²) in [4.78, 5) is 15.7. The molecule has 144 valence electrons. The summed E-state index contributed by atoms with van der Waals surface area (Å²) in [7, 11) is 1.77. The van der Waals surface area contributed by atoms with Crippen LogP contribution in [0.1, 0.15) is 24.0 Å². The molecule has 27 heavy (non-hydrogen) atoms. The molecule has 1 saturated heterocycles. The lowest BCUT2D eigenvalue weighted by Crippen LogP contribution is -2.32. The van der Waals surface area contributed by atoms with Crippen LogP contribution in [-0.2, 0) is 17.9 Å². The van der Waals surface area contributed by atoms with Crippen molar-refractivity contribution in [2.75, 3.05) is 26.7 Å². The van der Waals surface area contributed by atoms with E-state index in [0.29, 0.717) is 12.6 Å². The fourth-order valence-electron chi connectivity index (χ4n) is 3.71. The number of aliphatic hydroxyl groups excluding tert-OH is 1. The Kier molecular flexibility index (Phi) is 6.61. The van der Waals surface area contributed by atoms with Gasteiger partial charge in [0.05, 0.1) is 13.2 Å². The third kappa shape index (κ3) is 4.95. The van der Waals surface area contributed by atoms with E-state index in [4.69, 9.17) is 5.73 Å². The van der Waals surface area contributed by atoms with E-state index in [2.05, 4.69) is 41.3 Å². The normalized spacial score (nSPS) is 17.2. The number of rotatable bonds is 7. The lowest BCUT2D eigenvalue weighted by atomic mass is 10.0. The zero-order chi connectivity index (χ0) is 19.2. The first-order chi connectivity index (χ1) is 13.1. The highest BCUT2D eigenvalue weighted by Crippen LogP contribution is 2.24. The molecular weight excluding hydrogens is 338 g/mol. The topological polar surface area (TPSA) is 69.8 Å². The summed E-state index contributed by atoms with van der Waals surface area (Å²) in [6.07, 6.45) is 2.25. The van der Waals surface area contributed by atoms with Crippen molar-refractivity contribution in [1.29, 1.82) is 0 Å². The van der Waals surface area contributed by atoms with Crippen LogP contribution in [0.3, 0.4) is 0 Å². The van der Waals surface area contributed by atoms with Crippen LogP contribution < -0.4 is 5.73 Å². The van der Waals surface area contributed by atoms with Gasteiger partial charge in [-0.25, -0.2) is 0 Å². The summed E-state index contributed by atoms with van der Waals surface area (Å²) in [6, 6.07) is 17.2. The van der Waals surface area contributed by atoms with Crippen LogP contribution in [0, 0.1) is 0 Å². The molecule has 3 N–H and O–H groups in total. The van der Waals surface area contributed by atoms with Crippen molar-refractivity contribution in [2.24, 2.45) is 5.73 Å². The van der Waals surface area contributed by atoms with E-state index in [1.807, 2.05) is 12.1 Å². The molecule has 0 aromatic heterocycles. The molecular formula is C22H29N3O2. The largest absolute Gasteiger partial charge is 0.395 e. The second kappa shape index (κ2) is 9.13. The Morgan fingerprint density at radius 1 is 1.19 bits per heavy atom. The Morgan fingerprint density at radius 2 is 1.96 bits per heavy atom. The molecule has 2 aromatic rings. The van der Waals surface area contributed by atoms with Gasteiger partial charge in [-0.15, -0.1) is 0 Å². The third-order valence-electron chi connectivity index (χ3n) is 5.33. The summed E-state index contributed by atoms with van der Waals surface area (Å²) < 4.78 is 0. The molecule has 0 spiro atoms. The summed E-state index contributed by atoms with van der Waals surface area (Å²) in [5.41, 5.74) is 10.1. The van der Waals surface area contributed by atoms with Crippen LogP contribution in [0.5, 0.6) is 0 Å². The van der Waals surface area contributed by atoms with Crippen LogP contribution in [0.25, 0.3) is 11.1 Å². The number of hydrogen-bond acceptors (Lipinski definition) is 4. The number of benzene rings is 2. The zero-order valence-corrected chi connectivity index (χ0v) is 16.0. The summed E-state index contributed by atoms with van der Waals surface area (Å²) in [6.45, 7) is 2.78. The maximum Gasteiger partial charge on any atom is 0.236 e. The molecule has 1 amide bonds. The van der Waals surface area contributed by atoms with E-state index in [-0.39, 0.29) is 19.1 Å². The Hall–Kier alpha value is -2.21. The third-order valence-corrected chi connectivity index (χ3v) is 5.33. The van der Waals surface area contributed by atoms with Crippen molar-refractivity contribution in [1.82, 2.24) is 9.80 Å². The van der Waals surface area contributed by atoms with Gasteiger partial charge in [0.2, 0.25) is 5.91 Å². The monoisotopic (exact) mass is 367 g/mol. The van der Waals surface area contributed by atoms with Crippen LogP contribution in [-0.4, -0.2) is 53.6 Å². The van der Waals surface area contributed by atoms with Gasteiger partial charge in [-0.2, -0.15) is 0 Å². The van der Waals surface area contributed by atoms with Crippen LogP contribution in [0.4, 0.5) is 0 Å². The molecule has 0 aliphatic carbocycles. The van der Waals surface area contributed by atoms with Gasteiger partial charge >= 0.3 is 0 Å². The molecule has 2 aromatic carbocycles. The van der Waals surface area contributed by atoms with Gasteiger partial charge in [0.25, 0.3) is 0 Å². The zero-order valence-electron chi connectivity index (χ0n) is 16.0. The number of nitrogens with zero attached hydrogens (tertiary/aromatic N) is 2. The summed E-state index contributed by atoms with van der Waals surface area (Å²) in [5, 5.41) is 9.47. The van der Waals surface area contributed by atoms with E-state index in [0.717, 1.165) is 42.6 Å². The number of aliphatic hydroxyl groups is 1. The second-order valence-electron chi connectivity index (χ2n) is 7.30. The number of likely N-dealkylation sites (N-methyl/N-ethyl adjacent to an activating group) is 1. The Labute approximate surface area is 161 Å². The first-order valence-corrected chi connectivity index (χ1v) is 9.58. The van der Waals surface area contributed by atoms with Gasteiger partial charge in [-0.05, 0) is 47.7 Å². The lowest BCUT2D eigenvalue weighted by Gasteiger charge is -2.22. The SMILES string of the molecule is CN(Cc1cccc(-c2ccc(CN3CCC[C@@H]3CO)cc2)c1)C(=O)CN. The number of carbonyl (C=O) groups excluding carboxylic acids is 1. The van der Waals surface area contributed by atoms with Crippen LogP contribution >= 0.6 is 0 Å². The maximum absolute atomic E-state index is 11.7. The fraction of sp³-hybridized carbons (Fsp3) is 0.409. The van der Waals surface area contributed by atoms with Crippen LogP contribution in [0.2, 0.25) is 0 Å². The molecule has 0 bridgehead atoms. The van der Waals surface area contributed by atoms with Crippen molar-refractivity contribution in [3.05, 3.63) is 59.7 Å². The van der Waals surface area contributed by atoms with E-state index in [1.54, 1.807) is 11.9 Å². The number of carbonyl (C=O) groups is 1. The number of likely N-dealkylation sites (tertiary alicyclic amines) is 1. The van der Waals surface area contributed by atoms with Gasteiger partial charge < -0.3 is 15.7 Å². The van der Waals surface area contributed by atoms with E-state index in [9.17, 15) is 9.90 Å². The molecule has 0 unspecified atom stereocenters. The van der Waals surface area contributed by atoms with E-state index in [1.165, 1.54) is 5.56 Å². The molecule has 0 saturated carbocycles. The molecule has 1 aliphatic rings. The quantitative estimate of drug-likeness (QED) is 0.787. The van der Waals surface area contributed by atoms with Gasteiger partial charge in [-0.3, -0.25) is 9.69 Å². The minimum atomic E-state index is -0.0622. The molecule has 0 radical (unpaired) electrons. The first kappa shape index (κ1) is 19.5. The first-order valence-electron chi connectivity index (χ1n) is 9.58. The summed E-state index contributed by atoms with van der Waals surface area (Å²) >= 11 is 0. The summed E-state index contributed by atoms with van der Waals surface area (Å²) in [5.74, 6) is -0.0622. The van der Waals surface area contributed by atoms with Crippen molar-refractivity contribution in [2.45, 2.75) is 32.0 Å². The van der Waals surface area contributed by atoms with Crippen molar-refractivity contribution in [3.8, 4) is 11.1 Å². The number of hydrogen-bond donors (Lipinski definition) is 2. The molecule has 1 heterocycles. The number of amides is 1. The average molecular weight is 367 g/mol. The average Bonchev–Trinajstić information content (AvgIpc) is 3.15. The highest BCUT2D eigenvalue weighted by Gasteiger charge is 2.23. The Balaban J connectivity index is 1.68. The Bertz CT molecular complexity index is 760. The Morgan fingerprint density at radius 3 is 2.67 bits per heavy atom. The van der Waals surface area contributed by atoms with E-state index < -0.39 is 0 Å². The van der Waals surface area contributed by atoms with Crippen molar-refractivity contribution < 1.29 is 9.90 Å². The minimum absolute atomic E-state index is 0.0335. The predicted molar refractivity (Wildman–Crippen MR) is 108 cm³/mol. The molecule has 1 aliphatic heterocycles. The minimum Gasteiger partial charge on any atom is -0.395 e. The molecule has 5 heteroatoms. The maximum atomic E-state index is 11.7. The molecule has 5 nitrogen and oxygen atoms in total. The van der Waals surface area contributed by atoms with Crippen LogP contribution in [0.15, 0.2) is 48.5 Å². The van der Waals surface area contributed by atoms with Gasteiger partial charge in [0.15, 0.2) is 0 Å². The van der Waals surface area contributed by atoms with Crippen molar-refractivity contribution >= 4 is 5.91 Å². The second-order valence-corrected chi connectivity index (χ2v) is 7.30. The standard InChI is InChI=1S/C22H29N3O2/c1-24(22(27)13-23)14-18-4-2-5-20(12-18)19-9-7-17(8-10-19)15-25-11-3-6-21(25)16-26/h2,4-5,7-10,12,21,26H,3,6,11,13-16,23H2,1H3/t21-/m1/s1. The lowest BCUT2D eigenvalue weighted by molar-refractivity contribution is -0.128. The van der Waals surface area contributed by atoms with E-state index >= 15 is 0 Å². The molecule has 1 fully saturated rings. The van der Waals surface area contributed by atoms with Gasteiger partial charge in [0.1, 0.15) is 0 Å². The van der Waals surface area contributed by atoms with Gasteiger partial charge in [0, 0.05) is 26.2 Å². The molecule has 1 atom stereocenters. The number of nitrogens with two attached hydrogens (primary N) is 1. The molecule has 3 rings (SSSR count). The van der Waals surface area contributed by atoms with Crippen molar-refractivity contribution in [3.63, 3.8) is 0 Å². The van der Waals surface area contributed by atoms with Gasteiger partial charge in [-0.1, -0.05) is 42.5 Å². The smallest absolute Gasteiger partial charge is 0.236 e.